The number of carbonyl (C=O) groups is 6. The van der Waals surface area contributed by atoms with Crippen LogP contribution in [0, 0.1) is 0 Å². The lowest BCUT2D eigenvalue weighted by Crippen LogP contribution is -2.29. The number of hydrogen-bond donors (Lipinski definition) is 0. The molecule has 7 rings (SSSR count). The standard InChI is InChI=1S/C44H27Cl2NO8/c45-32-19-14-26(15-20-32)37(48)39(28-8-3-1-4-9-28)54-43(52)30-12-7-13-34(24-30)47-41(50)35-23-18-31(25-36(35)42(47)51)44(53)55-40(29-10-5-2-6-11-29)38(49)27-16-21-33(46)22-17-27/h1-25,39-40H/t39-,40+/m1/s1. The normalized spacial score (nSPS) is 13.1. The average Bonchev–Trinajstić information content (AvgIpc) is 3.47. The van der Waals surface area contributed by atoms with Crippen LogP contribution >= 0.6 is 23.2 Å². The van der Waals surface area contributed by atoms with Crippen LogP contribution in [0.25, 0.3) is 0 Å². The molecule has 0 aliphatic carbocycles. The molecular weight excluding hydrogens is 741 g/mol. The Bertz CT molecular complexity index is 2470. The SMILES string of the molecule is O=C(O[C@H](C(=O)c1ccc(Cl)cc1)c1ccccc1)c1ccc2c(c1)C(=O)N(c1cccc(C(=O)O[C@@H](C(=O)c3ccc(Cl)cc3)c3ccccc3)c1)C2=O. The molecule has 1 aliphatic rings. The van der Waals surface area contributed by atoms with Gasteiger partial charge in [0.1, 0.15) is 0 Å². The van der Waals surface area contributed by atoms with Crippen molar-refractivity contribution in [2.45, 2.75) is 12.2 Å². The molecule has 9 nitrogen and oxygen atoms in total. The lowest BCUT2D eigenvalue weighted by molar-refractivity contribution is 0.0278. The Morgan fingerprint density at radius 3 is 1.38 bits per heavy atom. The minimum Gasteiger partial charge on any atom is -0.445 e. The number of nitrogens with zero attached hydrogens (tertiary/aromatic N) is 1. The van der Waals surface area contributed by atoms with E-state index in [0.29, 0.717) is 21.2 Å². The number of esters is 2. The van der Waals surface area contributed by atoms with Gasteiger partial charge < -0.3 is 9.47 Å². The van der Waals surface area contributed by atoms with E-state index >= 15 is 0 Å². The quantitative estimate of drug-likeness (QED) is 0.0726. The zero-order valence-electron chi connectivity index (χ0n) is 28.6. The van der Waals surface area contributed by atoms with Gasteiger partial charge in [0.25, 0.3) is 11.8 Å². The number of rotatable bonds is 11. The van der Waals surface area contributed by atoms with Crippen molar-refractivity contribution >= 4 is 64.2 Å². The molecule has 2 amide bonds. The molecule has 6 aromatic carbocycles. The zero-order chi connectivity index (χ0) is 38.6. The third kappa shape index (κ3) is 7.70. The van der Waals surface area contributed by atoms with Crippen LogP contribution in [0.15, 0.2) is 152 Å². The third-order valence-electron chi connectivity index (χ3n) is 8.85. The first kappa shape index (κ1) is 36.7. The Hall–Kier alpha value is -6.68. The summed E-state index contributed by atoms with van der Waals surface area (Å²) < 4.78 is 11.5. The van der Waals surface area contributed by atoms with Crippen molar-refractivity contribution in [3.05, 3.63) is 206 Å². The van der Waals surface area contributed by atoms with Crippen molar-refractivity contribution in [2.75, 3.05) is 4.90 Å². The van der Waals surface area contributed by atoms with Crippen LogP contribution in [0.4, 0.5) is 5.69 Å². The number of ether oxygens (including phenoxy) is 2. The molecule has 0 saturated heterocycles. The minimum absolute atomic E-state index is 0.0177. The molecule has 0 spiro atoms. The van der Waals surface area contributed by atoms with Crippen LogP contribution in [-0.2, 0) is 9.47 Å². The largest absolute Gasteiger partial charge is 0.445 e. The number of anilines is 1. The van der Waals surface area contributed by atoms with Crippen molar-refractivity contribution < 1.29 is 38.2 Å². The van der Waals surface area contributed by atoms with Gasteiger partial charge in [-0.25, -0.2) is 14.5 Å². The second-order valence-corrected chi connectivity index (χ2v) is 13.3. The third-order valence-corrected chi connectivity index (χ3v) is 9.35. The second-order valence-electron chi connectivity index (χ2n) is 12.4. The molecule has 0 fully saturated rings. The van der Waals surface area contributed by atoms with Crippen LogP contribution in [0.5, 0.6) is 0 Å². The van der Waals surface area contributed by atoms with Crippen molar-refractivity contribution in [2.24, 2.45) is 0 Å². The summed E-state index contributed by atoms with van der Waals surface area (Å²) >= 11 is 12.0. The number of ketones is 2. The van der Waals surface area contributed by atoms with Crippen molar-refractivity contribution in [3.63, 3.8) is 0 Å². The monoisotopic (exact) mass is 767 g/mol. The smallest absolute Gasteiger partial charge is 0.339 e. The number of halogens is 2. The Balaban J connectivity index is 1.12. The maximum absolute atomic E-state index is 13.8. The van der Waals surface area contributed by atoms with Gasteiger partial charge in [0.05, 0.1) is 27.9 Å². The fourth-order valence-corrected chi connectivity index (χ4v) is 6.31. The molecule has 6 aromatic rings. The van der Waals surface area contributed by atoms with E-state index in [1.54, 1.807) is 84.9 Å². The first-order valence-corrected chi connectivity index (χ1v) is 17.6. The Morgan fingerprint density at radius 2 is 0.891 bits per heavy atom. The highest BCUT2D eigenvalue weighted by Crippen LogP contribution is 2.32. The number of hydrogen-bond acceptors (Lipinski definition) is 8. The maximum atomic E-state index is 13.8. The fourth-order valence-electron chi connectivity index (χ4n) is 6.06. The number of Topliss-reactive ketones (excluding diaryl/α,β-unsaturated/α-hetero) is 2. The highest BCUT2D eigenvalue weighted by Gasteiger charge is 2.38. The molecule has 0 N–H and O–H groups in total. The summed E-state index contributed by atoms with van der Waals surface area (Å²) in [6.07, 6.45) is -2.62. The second kappa shape index (κ2) is 15.7. The fraction of sp³-hybridized carbons (Fsp3) is 0.0455. The predicted octanol–water partition coefficient (Wildman–Crippen LogP) is 9.36. The van der Waals surface area contributed by atoms with Gasteiger partial charge in [-0.15, -0.1) is 0 Å². The van der Waals surface area contributed by atoms with Crippen LogP contribution in [-0.4, -0.2) is 35.3 Å². The van der Waals surface area contributed by atoms with E-state index in [1.165, 1.54) is 66.7 Å². The van der Waals surface area contributed by atoms with Crippen LogP contribution < -0.4 is 4.90 Å². The maximum Gasteiger partial charge on any atom is 0.339 e. The highest BCUT2D eigenvalue weighted by atomic mass is 35.5. The van der Waals surface area contributed by atoms with E-state index in [1.807, 2.05) is 0 Å². The molecule has 0 radical (unpaired) electrons. The number of imide groups is 1. The van der Waals surface area contributed by atoms with E-state index in [2.05, 4.69) is 0 Å². The van der Waals surface area contributed by atoms with Gasteiger partial charge in [0.15, 0.2) is 12.2 Å². The molecule has 55 heavy (non-hydrogen) atoms. The Morgan fingerprint density at radius 1 is 0.455 bits per heavy atom. The lowest BCUT2D eigenvalue weighted by atomic mass is 9.99. The minimum atomic E-state index is -1.32. The summed E-state index contributed by atoms with van der Waals surface area (Å²) in [7, 11) is 0. The Labute approximate surface area is 324 Å². The highest BCUT2D eigenvalue weighted by molar-refractivity contribution is 6.35. The first-order chi connectivity index (χ1) is 26.6. The molecule has 1 aliphatic heterocycles. The van der Waals surface area contributed by atoms with Gasteiger partial charge >= 0.3 is 11.9 Å². The van der Waals surface area contributed by atoms with E-state index in [0.717, 1.165) is 4.90 Å². The molecule has 2 atom stereocenters. The predicted molar refractivity (Wildman–Crippen MR) is 205 cm³/mol. The topological polar surface area (TPSA) is 124 Å². The molecule has 11 heteroatoms. The number of fused-ring (bicyclic) bond motifs is 1. The summed E-state index contributed by atoms with van der Waals surface area (Å²) in [5.41, 5.74) is 1.31. The summed E-state index contributed by atoms with van der Waals surface area (Å²) in [5, 5.41) is 0.866. The van der Waals surface area contributed by atoms with Crippen molar-refractivity contribution in [1.82, 2.24) is 0 Å². The number of benzene rings is 6. The van der Waals surface area contributed by atoms with Crippen LogP contribution in [0.3, 0.4) is 0 Å². The van der Waals surface area contributed by atoms with Gasteiger partial charge in [0, 0.05) is 32.3 Å². The van der Waals surface area contributed by atoms with Gasteiger partial charge in [-0.3, -0.25) is 19.2 Å². The molecule has 1 heterocycles. The molecule has 0 aromatic heterocycles. The molecule has 0 saturated carbocycles. The summed E-state index contributed by atoms with van der Waals surface area (Å²) in [6.45, 7) is 0. The van der Waals surface area contributed by atoms with E-state index in [-0.39, 0.29) is 39.1 Å². The van der Waals surface area contributed by atoms with Gasteiger partial charge in [0.2, 0.25) is 11.6 Å². The van der Waals surface area contributed by atoms with E-state index in [4.69, 9.17) is 32.7 Å². The summed E-state index contributed by atoms with van der Waals surface area (Å²) in [5.74, 6) is -4.18. The molecule has 270 valence electrons. The van der Waals surface area contributed by atoms with Crippen LogP contribution in [0.1, 0.15) is 85.5 Å². The first-order valence-electron chi connectivity index (χ1n) is 16.8. The lowest BCUT2D eigenvalue weighted by Gasteiger charge is -2.19. The number of amides is 2. The van der Waals surface area contributed by atoms with Crippen molar-refractivity contribution in [3.8, 4) is 0 Å². The van der Waals surface area contributed by atoms with E-state index in [9.17, 15) is 28.8 Å². The average molecular weight is 769 g/mol. The number of carbonyl (C=O) groups excluding carboxylic acids is 6. The Kier molecular flexibility index (Phi) is 10.5. The van der Waals surface area contributed by atoms with Gasteiger partial charge in [-0.05, 0) is 84.9 Å². The molecular formula is C44H27Cl2NO8. The van der Waals surface area contributed by atoms with Crippen molar-refractivity contribution in [1.29, 1.82) is 0 Å². The summed E-state index contributed by atoms with van der Waals surface area (Å²) in [4.78, 5) is 82.5. The molecule has 0 unspecified atom stereocenters. The van der Waals surface area contributed by atoms with E-state index < -0.39 is 47.5 Å². The van der Waals surface area contributed by atoms with Crippen LogP contribution in [0.2, 0.25) is 10.0 Å². The summed E-state index contributed by atoms with van der Waals surface area (Å²) in [6, 6.07) is 38.9. The van der Waals surface area contributed by atoms with Gasteiger partial charge in [-0.1, -0.05) is 89.9 Å². The zero-order valence-corrected chi connectivity index (χ0v) is 30.1. The molecule has 0 bridgehead atoms. The van der Waals surface area contributed by atoms with Gasteiger partial charge in [-0.2, -0.15) is 0 Å².